The molecule has 0 aliphatic heterocycles. The minimum atomic E-state index is -0.657. The normalized spacial score (nSPS) is 15.5. The maximum Gasteiger partial charge on any atom is 0.407 e. The SMILES string of the molecule is COC(=O)NC(C#N)Cc1ccc(OC)c(OC2CCCC2)c1. The molecule has 124 valence electrons. The van der Waals surface area contributed by atoms with Crippen molar-refractivity contribution in [2.75, 3.05) is 14.2 Å². The number of benzene rings is 1. The van der Waals surface area contributed by atoms with Crippen LogP contribution in [0.2, 0.25) is 0 Å². The summed E-state index contributed by atoms with van der Waals surface area (Å²) in [5.74, 6) is 1.36. The van der Waals surface area contributed by atoms with Crippen molar-refractivity contribution in [3.05, 3.63) is 23.8 Å². The molecule has 23 heavy (non-hydrogen) atoms. The van der Waals surface area contributed by atoms with Gasteiger partial charge in [-0.1, -0.05) is 6.07 Å². The van der Waals surface area contributed by atoms with Gasteiger partial charge in [0.15, 0.2) is 11.5 Å². The van der Waals surface area contributed by atoms with Crippen molar-refractivity contribution in [3.8, 4) is 17.6 Å². The standard InChI is InChI=1S/C17H22N2O4/c1-21-15-8-7-12(9-13(11-18)19-17(20)22-2)10-16(15)23-14-5-3-4-6-14/h7-8,10,13-14H,3-6,9H2,1-2H3,(H,19,20). The summed E-state index contributed by atoms with van der Waals surface area (Å²) in [6.45, 7) is 0. The fraction of sp³-hybridized carbons (Fsp3) is 0.529. The highest BCUT2D eigenvalue weighted by atomic mass is 16.5. The van der Waals surface area contributed by atoms with E-state index in [1.54, 1.807) is 7.11 Å². The van der Waals surface area contributed by atoms with Gasteiger partial charge in [0.25, 0.3) is 0 Å². The molecule has 0 saturated heterocycles. The van der Waals surface area contributed by atoms with E-state index in [2.05, 4.69) is 16.1 Å². The maximum absolute atomic E-state index is 11.2. The van der Waals surface area contributed by atoms with Gasteiger partial charge >= 0.3 is 6.09 Å². The van der Waals surface area contributed by atoms with E-state index < -0.39 is 12.1 Å². The van der Waals surface area contributed by atoms with Crippen LogP contribution in [0.1, 0.15) is 31.2 Å². The second-order valence-corrected chi connectivity index (χ2v) is 5.53. The van der Waals surface area contributed by atoms with Gasteiger partial charge in [-0.2, -0.15) is 5.26 Å². The Morgan fingerprint density at radius 3 is 2.70 bits per heavy atom. The molecule has 1 aromatic rings. The molecule has 1 fully saturated rings. The Morgan fingerprint density at radius 2 is 2.09 bits per heavy atom. The lowest BCUT2D eigenvalue weighted by Crippen LogP contribution is -2.35. The zero-order chi connectivity index (χ0) is 16.7. The van der Waals surface area contributed by atoms with Gasteiger partial charge in [0, 0.05) is 6.42 Å². The molecule has 6 heteroatoms. The Morgan fingerprint density at radius 1 is 1.35 bits per heavy atom. The number of ether oxygens (including phenoxy) is 3. The Balaban J connectivity index is 2.09. The Hall–Kier alpha value is -2.42. The van der Waals surface area contributed by atoms with Gasteiger partial charge in [0.1, 0.15) is 6.04 Å². The second-order valence-electron chi connectivity index (χ2n) is 5.53. The first-order valence-corrected chi connectivity index (χ1v) is 7.74. The van der Waals surface area contributed by atoms with E-state index in [-0.39, 0.29) is 6.10 Å². The molecule has 1 saturated carbocycles. The van der Waals surface area contributed by atoms with E-state index >= 15 is 0 Å². The molecule has 1 unspecified atom stereocenters. The summed E-state index contributed by atoms with van der Waals surface area (Å²) in [6, 6.07) is 6.96. The largest absolute Gasteiger partial charge is 0.493 e. The minimum Gasteiger partial charge on any atom is -0.493 e. The molecule has 0 bridgehead atoms. The Kier molecular flexibility index (Phi) is 6.10. The first-order chi connectivity index (χ1) is 11.2. The zero-order valence-corrected chi connectivity index (χ0v) is 13.5. The van der Waals surface area contributed by atoms with Crippen LogP contribution in [-0.2, 0) is 11.2 Å². The Bertz CT molecular complexity index is 576. The van der Waals surface area contributed by atoms with Gasteiger partial charge in [-0.15, -0.1) is 0 Å². The summed E-state index contributed by atoms with van der Waals surface area (Å²) in [5.41, 5.74) is 0.891. The van der Waals surface area contributed by atoms with E-state index in [0.717, 1.165) is 18.4 Å². The third-order valence-electron chi connectivity index (χ3n) is 3.90. The van der Waals surface area contributed by atoms with Gasteiger partial charge in [-0.3, -0.25) is 0 Å². The van der Waals surface area contributed by atoms with Crippen LogP contribution in [0.4, 0.5) is 4.79 Å². The van der Waals surface area contributed by atoms with E-state index in [4.69, 9.17) is 14.7 Å². The molecule has 0 radical (unpaired) electrons. The van der Waals surface area contributed by atoms with E-state index in [1.807, 2.05) is 18.2 Å². The van der Waals surface area contributed by atoms with Crippen molar-refractivity contribution in [2.45, 2.75) is 44.2 Å². The van der Waals surface area contributed by atoms with Crippen molar-refractivity contribution in [1.29, 1.82) is 5.26 Å². The molecule has 1 N–H and O–H groups in total. The number of nitrogens with zero attached hydrogens (tertiary/aromatic N) is 1. The first-order valence-electron chi connectivity index (χ1n) is 7.74. The third kappa shape index (κ3) is 4.78. The average Bonchev–Trinajstić information content (AvgIpc) is 3.07. The predicted molar refractivity (Wildman–Crippen MR) is 84.5 cm³/mol. The molecule has 1 amide bonds. The number of amides is 1. The molecule has 0 aromatic heterocycles. The van der Waals surface area contributed by atoms with Crippen molar-refractivity contribution < 1.29 is 19.0 Å². The number of nitriles is 1. The highest BCUT2D eigenvalue weighted by Crippen LogP contribution is 2.32. The predicted octanol–water partition coefficient (Wildman–Crippen LogP) is 2.81. The van der Waals surface area contributed by atoms with Crippen LogP contribution in [-0.4, -0.2) is 32.5 Å². The fourth-order valence-electron chi connectivity index (χ4n) is 2.69. The number of hydrogen-bond acceptors (Lipinski definition) is 5. The number of rotatable bonds is 6. The maximum atomic E-state index is 11.2. The van der Waals surface area contributed by atoms with Crippen LogP contribution in [0.3, 0.4) is 0 Å². The van der Waals surface area contributed by atoms with E-state index in [0.29, 0.717) is 17.9 Å². The molecule has 1 aliphatic carbocycles. The minimum absolute atomic E-state index is 0.221. The van der Waals surface area contributed by atoms with Crippen molar-refractivity contribution >= 4 is 6.09 Å². The highest BCUT2D eigenvalue weighted by Gasteiger charge is 2.19. The van der Waals surface area contributed by atoms with Crippen LogP contribution in [0.5, 0.6) is 11.5 Å². The molecule has 6 nitrogen and oxygen atoms in total. The van der Waals surface area contributed by atoms with Crippen molar-refractivity contribution in [1.82, 2.24) is 5.32 Å². The molecule has 1 atom stereocenters. The molecular formula is C17H22N2O4. The van der Waals surface area contributed by atoms with Crippen LogP contribution >= 0.6 is 0 Å². The first kappa shape index (κ1) is 16.9. The highest BCUT2D eigenvalue weighted by molar-refractivity contribution is 5.67. The van der Waals surface area contributed by atoms with Gasteiger partial charge in [-0.25, -0.2) is 4.79 Å². The molecule has 0 spiro atoms. The number of carbonyl (C=O) groups is 1. The van der Waals surface area contributed by atoms with Crippen LogP contribution in [0, 0.1) is 11.3 Å². The number of alkyl carbamates (subject to hydrolysis) is 1. The number of nitrogens with one attached hydrogen (secondary N) is 1. The molecule has 1 aliphatic rings. The number of carbonyl (C=O) groups excluding carboxylic acids is 1. The monoisotopic (exact) mass is 318 g/mol. The summed E-state index contributed by atoms with van der Waals surface area (Å²) in [4.78, 5) is 11.2. The lowest BCUT2D eigenvalue weighted by atomic mass is 10.1. The average molecular weight is 318 g/mol. The third-order valence-corrected chi connectivity index (χ3v) is 3.90. The summed E-state index contributed by atoms with van der Waals surface area (Å²) in [5, 5.41) is 11.6. The fourth-order valence-corrected chi connectivity index (χ4v) is 2.69. The molecular weight excluding hydrogens is 296 g/mol. The van der Waals surface area contributed by atoms with Crippen LogP contribution < -0.4 is 14.8 Å². The van der Waals surface area contributed by atoms with Gasteiger partial charge in [0.2, 0.25) is 0 Å². The Labute approximate surface area is 136 Å². The summed E-state index contributed by atoms with van der Waals surface area (Å²) in [6.07, 6.45) is 4.46. The smallest absolute Gasteiger partial charge is 0.407 e. The molecule has 2 rings (SSSR count). The topological polar surface area (TPSA) is 80.6 Å². The van der Waals surface area contributed by atoms with Crippen LogP contribution in [0.25, 0.3) is 0 Å². The van der Waals surface area contributed by atoms with E-state index in [9.17, 15) is 4.79 Å². The van der Waals surface area contributed by atoms with Crippen molar-refractivity contribution in [3.63, 3.8) is 0 Å². The van der Waals surface area contributed by atoms with E-state index in [1.165, 1.54) is 20.0 Å². The van der Waals surface area contributed by atoms with Crippen LogP contribution in [0.15, 0.2) is 18.2 Å². The molecule has 1 aromatic carbocycles. The summed E-state index contributed by atoms with van der Waals surface area (Å²) in [7, 11) is 2.87. The lowest BCUT2D eigenvalue weighted by Gasteiger charge is -2.17. The van der Waals surface area contributed by atoms with Gasteiger partial charge in [-0.05, 0) is 43.4 Å². The summed E-state index contributed by atoms with van der Waals surface area (Å²) >= 11 is 0. The number of methoxy groups -OCH3 is 2. The quantitative estimate of drug-likeness (QED) is 0.872. The zero-order valence-electron chi connectivity index (χ0n) is 13.5. The number of hydrogen-bond donors (Lipinski definition) is 1. The lowest BCUT2D eigenvalue weighted by molar-refractivity contribution is 0.169. The van der Waals surface area contributed by atoms with Crippen molar-refractivity contribution in [2.24, 2.45) is 0 Å². The summed E-state index contributed by atoms with van der Waals surface area (Å²) < 4.78 is 15.9. The van der Waals surface area contributed by atoms with Gasteiger partial charge in [0.05, 0.1) is 26.4 Å². The van der Waals surface area contributed by atoms with Gasteiger partial charge < -0.3 is 19.5 Å². The second kappa shape index (κ2) is 8.28. The molecule has 0 heterocycles.